The number of hydrogen-bond donors (Lipinski definition) is 0. The lowest BCUT2D eigenvalue weighted by atomic mass is 9.82. The summed E-state index contributed by atoms with van der Waals surface area (Å²) in [6.07, 6.45) is 6.22. The van der Waals surface area contributed by atoms with Crippen LogP contribution in [0.1, 0.15) is 37.8 Å². The van der Waals surface area contributed by atoms with E-state index < -0.39 is 0 Å². The molecule has 1 amide bonds. The van der Waals surface area contributed by atoms with E-state index in [4.69, 9.17) is 0 Å². The molecule has 120 valence electrons. The van der Waals surface area contributed by atoms with Gasteiger partial charge in [0.25, 0.3) is 0 Å². The van der Waals surface area contributed by atoms with Gasteiger partial charge in [-0.3, -0.25) is 4.57 Å². The Morgan fingerprint density at radius 2 is 1.78 bits per heavy atom. The predicted molar refractivity (Wildman–Crippen MR) is 90.5 cm³/mol. The highest BCUT2D eigenvalue weighted by molar-refractivity contribution is 5.95. The van der Waals surface area contributed by atoms with Gasteiger partial charge < -0.3 is 9.80 Å². The second-order valence-corrected chi connectivity index (χ2v) is 7.47. The molecule has 5 rings (SSSR count). The SMILES string of the molecule is CN1C2CCCC1CC(N1Cc3cc4ccccc4n3C1=O)C2. The number of fused-ring (bicyclic) bond motifs is 5. The Bertz CT molecular complexity index is 766. The van der Waals surface area contributed by atoms with E-state index in [1.54, 1.807) is 0 Å². The minimum absolute atomic E-state index is 0.189. The first kappa shape index (κ1) is 13.6. The maximum atomic E-state index is 13.0. The van der Waals surface area contributed by atoms with Gasteiger partial charge in [-0.05, 0) is 44.9 Å². The second-order valence-electron chi connectivity index (χ2n) is 7.47. The molecule has 3 aliphatic rings. The lowest BCUT2D eigenvalue weighted by Gasteiger charge is -2.48. The standard InChI is InChI=1S/C19H23N3O/c1-20-14-6-4-7-15(20)11-16(10-14)21-12-17-9-13-5-2-3-8-18(13)22(17)19(21)23/h2-3,5,8-9,14-16H,4,6-7,10-12H2,1H3. The van der Waals surface area contributed by atoms with Crippen LogP contribution in [-0.2, 0) is 6.54 Å². The Morgan fingerprint density at radius 3 is 2.57 bits per heavy atom. The van der Waals surface area contributed by atoms with Crippen LogP contribution < -0.4 is 0 Å². The Morgan fingerprint density at radius 1 is 1.04 bits per heavy atom. The average Bonchev–Trinajstić information content (AvgIpc) is 3.04. The molecule has 1 aromatic heterocycles. The van der Waals surface area contributed by atoms with Crippen molar-refractivity contribution in [3.63, 3.8) is 0 Å². The molecule has 0 aliphatic carbocycles. The van der Waals surface area contributed by atoms with Gasteiger partial charge in [0.1, 0.15) is 0 Å². The summed E-state index contributed by atoms with van der Waals surface area (Å²) in [6.45, 7) is 0.779. The second kappa shape index (κ2) is 4.84. The van der Waals surface area contributed by atoms with Crippen molar-refractivity contribution in [3.8, 4) is 0 Å². The third-order valence-electron chi connectivity index (χ3n) is 6.31. The first-order valence-corrected chi connectivity index (χ1v) is 8.84. The highest BCUT2D eigenvalue weighted by Crippen LogP contribution is 2.37. The molecule has 4 heterocycles. The Kier molecular flexibility index (Phi) is 2.87. The Labute approximate surface area is 136 Å². The van der Waals surface area contributed by atoms with Crippen molar-refractivity contribution in [1.82, 2.24) is 14.4 Å². The van der Waals surface area contributed by atoms with Crippen LogP contribution in [0.5, 0.6) is 0 Å². The summed E-state index contributed by atoms with van der Waals surface area (Å²) in [6, 6.07) is 12.3. The summed E-state index contributed by atoms with van der Waals surface area (Å²) in [5.41, 5.74) is 2.21. The van der Waals surface area contributed by atoms with Gasteiger partial charge in [0.15, 0.2) is 0 Å². The largest absolute Gasteiger partial charge is 0.329 e. The highest BCUT2D eigenvalue weighted by atomic mass is 16.2. The molecule has 3 aliphatic heterocycles. The van der Waals surface area contributed by atoms with E-state index in [9.17, 15) is 4.79 Å². The van der Waals surface area contributed by atoms with E-state index in [-0.39, 0.29) is 6.03 Å². The molecule has 2 fully saturated rings. The first-order chi connectivity index (χ1) is 11.2. The van der Waals surface area contributed by atoms with Gasteiger partial charge in [-0.15, -0.1) is 0 Å². The monoisotopic (exact) mass is 309 g/mol. The molecule has 0 spiro atoms. The van der Waals surface area contributed by atoms with E-state index in [0.29, 0.717) is 18.1 Å². The number of para-hydroxylation sites is 1. The fourth-order valence-electron chi connectivity index (χ4n) is 5.05. The summed E-state index contributed by atoms with van der Waals surface area (Å²) in [7, 11) is 2.27. The Balaban J connectivity index is 1.46. The van der Waals surface area contributed by atoms with Crippen LogP contribution in [-0.4, -0.2) is 45.6 Å². The molecule has 2 aromatic rings. The molecule has 0 saturated carbocycles. The van der Waals surface area contributed by atoms with Crippen molar-refractivity contribution >= 4 is 16.9 Å². The molecular formula is C19H23N3O. The molecule has 0 N–H and O–H groups in total. The van der Waals surface area contributed by atoms with E-state index in [0.717, 1.165) is 30.6 Å². The van der Waals surface area contributed by atoms with Crippen LogP contribution in [0, 0.1) is 0 Å². The van der Waals surface area contributed by atoms with Crippen molar-refractivity contribution in [1.29, 1.82) is 0 Å². The number of piperidine rings is 2. The van der Waals surface area contributed by atoms with Crippen molar-refractivity contribution < 1.29 is 4.79 Å². The van der Waals surface area contributed by atoms with Crippen LogP contribution >= 0.6 is 0 Å². The maximum Gasteiger partial charge on any atom is 0.329 e. The van der Waals surface area contributed by atoms with Gasteiger partial charge in [-0.25, -0.2) is 4.79 Å². The van der Waals surface area contributed by atoms with E-state index in [2.05, 4.69) is 35.0 Å². The molecule has 2 unspecified atom stereocenters. The number of carbonyl (C=O) groups is 1. The molecule has 23 heavy (non-hydrogen) atoms. The third-order valence-corrected chi connectivity index (χ3v) is 6.31. The molecule has 4 nitrogen and oxygen atoms in total. The van der Waals surface area contributed by atoms with E-state index in [1.165, 1.54) is 24.6 Å². The fraction of sp³-hybridized carbons (Fsp3) is 0.526. The van der Waals surface area contributed by atoms with E-state index in [1.807, 2.05) is 16.7 Å². The van der Waals surface area contributed by atoms with Crippen LogP contribution in [0.15, 0.2) is 30.3 Å². The smallest absolute Gasteiger partial charge is 0.315 e. The number of nitrogens with zero attached hydrogens (tertiary/aromatic N) is 3. The number of hydrogen-bond acceptors (Lipinski definition) is 2. The minimum Gasteiger partial charge on any atom is -0.315 e. The molecule has 2 atom stereocenters. The number of amides is 1. The van der Waals surface area contributed by atoms with Crippen LogP contribution in [0.4, 0.5) is 4.79 Å². The van der Waals surface area contributed by atoms with Crippen molar-refractivity contribution in [2.75, 3.05) is 7.05 Å². The lowest BCUT2D eigenvalue weighted by Crippen LogP contribution is -2.55. The van der Waals surface area contributed by atoms with Gasteiger partial charge in [0, 0.05) is 29.2 Å². The third kappa shape index (κ3) is 1.91. The normalized spacial score (nSPS) is 30.9. The van der Waals surface area contributed by atoms with E-state index >= 15 is 0 Å². The summed E-state index contributed by atoms with van der Waals surface area (Å²) in [5, 5.41) is 1.18. The quantitative estimate of drug-likeness (QED) is 0.807. The molecule has 2 bridgehead atoms. The zero-order valence-corrected chi connectivity index (χ0v) is 13.6. The first-order valence-electron chi connectivity index (χ1n) is 8.84. The zero-order chi connectivity index (χ0) is 15.6. The topological polar surface area (TPSA) is 28.5 Å². The van der Waals surface area contributed by atoms with Gasteiger partial charge >= 0.3 is 6.03 Å². The molecule has 0 radical (unpaired) electrons. The zero-order valence-electron chi connectivity index (χ0n) is 13.6. The number of benzene rings is 1. The van der Waals surface area contributed by atoms with Crippen molar-refractivity contribution in [2.45, 2.75) is 56.8 Å². The summed E-state index contributed by atoms with van der Waals surface area (Å²) < 4.78 is 1.93. The van der Waals surface area contributed by atoms with Crippen LogP contribution in [0.25, 0.3) is 10.9 Å². The molecule has 4 heteroatoms. The summed E-state index contributed by atoms with van der Waals surface area (Å²) in [4.78, 5) is 17.8. The van der Waals surface area contributed by atoms with Crippen LogP contribution in [0.3, 0.4) is 0 Å². The summed E-state index contributed by atoms with van der Waals surface area (Å²) >= 11 is 0. The van der Waals surface area contributed by atoms with Crippen molar-refractivity contribution in [3.05, 3.63) is 36.0 Å². The Hall–Kier alpha value is -1.81. The number of aromatic nitrogens is 1. The summed E-state index contributed by atoms with van der Waals surface area (Å²) in [5.74, 6) is 0. The van der Waals surface area contributed by atoms with Gasteiger partial charge in [0.2, 0.25) is 0 Å². The van der Waals surface area contributed by atoms with Gasteiger partial charge in [0.05, 0.1) is 12.1 Å². The molecule has 1 aromatic carbocycles. The predicted octanol–water partition coefficient (Wildman–Crippen LogP) is 3.44. The van der Waals surface area contributed by atoms with Gasteiger partial charge in [-0.2, -0.15) is 0 Å². The lowest BCUT2D eigenvalue weighted by molar-refractivity contribution is 0.0214. The van der Waals surface area contributed by atoms with Gasteiger partial charge in [-0.1, -0.05) is 24.6 Å². The number of carbonyl (C=O) groups excluding carboxylic acids is 1. The highest BCUT2D eigenvalue weighted by Gasteiger charge is 2.42. The fourth-order valence-corrected chi connectivity index (χ4v) is 5.05. The number of rotatable bonds is 1. The van der Waals surface area contributed by atoms with Crippen molar-refractivity contribution in [2.24, 2.45) is 0 Å². The minimum atomic E-state index is 0.189. The maximum absolute atomic E-state index is 13.0. The average molecular weight is 309 g/mol. The molecule has 2 saturated heterocycles. The van der Waals surface area contributed by atoms with Crippen LogP contribution in [0.2, 0.25) is 0 Å². The molecular weight excluding hydrogens is 286 g/mol.